The van der Waals surface area contributed by atoms with E-state index < -0.39 is 0 Å². The maximum atomic E-state index is 5.69. The molecule has 0 aromatic carbocycles. The SMILES string of the molecule is C1CCC(ON(OC2CCO2)ON2CCC2)C1. The fourth-order valence-electron chi connectivity index (χ4n) is 2.04. The van der Waals surface area contributed by atoms with Crippen molar-refractivity contribution in [3.63, 3.8) is 0 Å². The average molecular weight is 244 g/mol. The fraction of sp³-hybridized carbons (Fsp3) is 1.00. The largest absolute Gasteiger partial charge is 0.350 e. The van der Waals surface area contributed by atoms with Gasteiger partial charge in [-0.2, -0.15) is 10.0 Å². The fourth-order valence-corrected chi connectivity index (χ4v) is 2.04. The molecule has 0 aromatic rings. The van der Waals surface area contributed by atoms with Crippen molar-refractivity contribution < 1.29 is 19.4 Å². The van der Waals surface area contributed by atoms with E-state index in [9.17, 15) is 0 Å². The summed E-state index contributed by atoms with van der Waals surface area (Å²) >= 11 is 0. The minimum Gasteiger partial charge on any atom is -0.350 e. The highest BCUT2D eigenvalue weighted by atomic mass is 17.2. The third-order valence-electron chi connectivity index (χ3n) is 3.40. The molecular weight excluding hydrogens is 224 g/mol. The Hall–Kier alpha value is -0.240. The normalized spacial score (nSPS) is 30.5. The zero-order valence-electron chi connectivity index (χ0n) is 10.0. The van der Waals surface area contributed by atoms with Gasteiger partial charge in [-0.05, 0) is 19.3 Å². The van der Waals surface area contributed by atoms with E-state index in [0.717, 1.165) is 45.4 Å². The van der Waals surface area contributed by atoms with Gasteiger partial charge < -0.3 is 4.74 Å². The number of rotatable bonds is 6. The van der Waals surface area contributed by atoms with Gasteiger partial charge in [0.2, 0.25) is 0 Å². The molecule has 0 radical (unpaired) electrons. The van der Waals surface area contributed by atoms with Gasteiger partial charge >= 0.3 is 0 Å². The van der Waals surface area contributed by atoms with Crippen LogP contribution in [0, 0.1) is 0 Å². The summed E-state index contributed by atoms with van der Waals surface area (Å²) in [4.78, 5) is 16.7. The summed E-state index contributed by atoms with van der Waals surface area (Å²) in [5.41, 5.74) is 0. The van der Waals surface area contributed by atoms with Crippen molar-refractivity contribution in [1.82, 2.24) is 10.5 Å². The first-order valence-corrected chi connectivity index (χ1v) is 6.58. The van der Waals surface area contributed by atoms with E-state index in [4.69, 9.17) is 19.4 Å². The molecule has 0 bridgehead atoms. The lowest BCUT2D eigenvalue weighted by molar-refractivity contribution is -0.617. The molecule has 1 saturated carbocycles. The van der Waals surface area contributed by atoms with E-state index in [1.165, 1.54) is 18.2 Å². The smallest absolute Gasteiger partial charge is 0.184 e. The van der Waals surface area contributed by atoms with Crippen molar-refractivity contribution in [2.45, 2.75) is 50.9 Å². The number of hydrogen-bond acceptors (Lipinski definition) is 6. The molecule has 2 saturated heterocycles. The molecule has 98 valence electrons. The lowest BCUT2D eigenvalue weighted by Crippen LogP contribution is -2.47. The van der Waals surface area contributed by atoms with Crippen LogP contribution in [0.15, 0.2) is 0 Å². The van der Waals surface area contributed by atoms with Gasteiger partial charge in [0.1, 0.15) is 0 Å². The number of nitrogens with zero attached hydrogens (tertiary/aromatic N) is 2. The molecule has 1 atom stereocenters. The molecular formula is C11H20N2O4. The molecule has 2 heterocycles. The molecule has 0 amide bonds. The summed E-state index contributed by atoms with van der Waals surface area (Å²) in [5.74, 6) is 0. The second kappa shape index (κ2) is 5.60. The quantitative estimate of drug-likeness (QED) is 0.658. The summed E-state index contributed by atoms with van der Waals surface area (Å²) in [5, 5.41) is 2.99. The average Bonchev–Trinajstić information content (AvgIpc) is 2.69. The number of hydrogen-bond donors (Lipinski definition) is 0. The second-order valence-electron chi connectivity index (χ2n) is 4.79. The Kier molecular flexibility index (Phi) is 3.90. The molecule has 2 aliphatic heterocycles. The van der Waals surface area contributed by atoms with Gasteiger partial charge in [0, 0.05) is 19.5 Å². The van der Waals surface area contributed by atoms with Crippen molar-refractivity contribution >= 4 is 0 Å². The Morgan fingerprint density at radius 1 is 1.00 bits per heavy atom. The Morgan fingerprint density at radius 2 is 1.76 bits per heavy atom. The predicted molar refractivity (Wildman–Crippen MR) is 57.9 cm³/mol. The highest BCUT2D eigenvalue weighted by molar-refractivity contribution is 4.65. The monoisotopic (exact) mass is 244 g/mol. The Bertz CT molecular complexity index is 224. The van der Waals surface area contributed by atoms with Crippen molar-refractivity contribution in [1.29, 1.82) is 0 Å². The van der Waals surface area contributed by atoms with Crippen LogP contribution < -0.4 is 0 Å². The number of ether oxygens (including phenoxy) is 1. The molecule has 1 aliphatic carbocycles. The Labute approximate surface area is 101 Å². The van der Waals surface area contributed by atoms with Crippen LogP contribution in [-0.4, -0.2) is 42.5 Å². The zero-order chi connectivity index (χ0) is 11.5. The predicted octanol–water partition coefficient (Wildman–Crippen LogP) is 1.39. The van der Waals surface area contributed by atoms with Crippen LogP contribution in [0.5, 0.6) is 0 Å². The Morgan fingerprint density at radius 3 is 2.29 bits per heavy atom. The lowest BCUT2D eigenvalue weighted by Gasteiger charge is -2.36. The summed E-state index contributed by atoms with van der Waals surface area (Å²) < 4.78 is 5.22. The van der Waals surface area contributed by atoms with Crippen molar-refractivity contribution in [3.05, 3.63) is 0 Å². The molecule has 3 aliphatic rings. The molecule has 0 spiro atoms. The summed E-state index contributed by atoms with van der Waals surface area (Å²) in [7, 11) is 0. The highest BCUT2D eigenvalue weighted by Gasteiger charge is 2.30. The lowest BCUT2D eigenvalue weighted by atomic mass is 10.3. The molecule has 3 rings (SSSR count). The van der Waals surface area contributed by atoms with Gasteiger partial charge in [-0.15, -0.1) is 0 Å². The molecule has 3 fully saturated rings. The standard InChI is InChI=1S/C11H20N2O4/c1-2-5-10(4-1)15-13(16-11-6-9-14-11)17-12-7-3-8-12/h10-11H,1-9H2. The van der Waals surface area contributed by atoms with Gasteiger partial charge in [-0.3, -0.25) is 0 Å². The molecule has 6 heteroatoms. The van der Waals surface area contributed by atoms with Crippen LogP contribution in [0.2, 0.25) is 0 Å². The first-order valence-electron chi connectivity index (χ1n) is 6.58. The topological polar surface area (TPSA) is 43.4 Å². The van der Waals surface area contributed by atoms with Crippen LogP contribution in [0.4, 0.5) is 0 Å². The van der Waals surface area contributed by atoms with E-state index >= 15 is 0 Å². The van der Waals surface area contributed by atoms with Gasteiger partial charge in [0.15, 0.2) is 6.29 Å². The van der Waals surface area contributed by atoms with Crippen LogP contribution >= 0.6 is 0 Å². The summed E-state index contributed by atoms with van der Waals surface area (Å²) in [6.07, 6.45) is 6.67. The molecule has 17 heavy (non-hydrogen) atoms. The van der Waals surface area contributed by atoms with E-state index in [2.05, 4.69) is 0 Å². The third-order valence-corrected chi connectivity index (χ3v) is 3.40. The maximum Gasteiger partial charge on any atom is 0.184 e. The first-order chi connectivity index (χ1) is 8.40. The van der Waals surface area contributed by atoms with E-state index in [1.54, 1.807) is 0 Å². The van der Waals surface area contributed by atoms with Gasteiger partial charge in [0.25, 0.3) is 0 Å². The third kappa shape index (κ3) is 3.15. The summed E-state index contributed by atoms with van der Waals surface area (Å²) in [6, 6.07) is 0. The first kappa shape index (κ1) is 11.8. The van der Waals surface area contributed by atoms with Crippen molar-refractivity contribution in [3.8, 4) is 0 Å². The highest BCUT2D eigenvalue weighted by Crippen LogP contribution is 2.24. The zero-order valence-corrected chi connectivity index (χ0v) is 10.0. The van der Waals surface area contributed by atoms with Crippen LogP contribution in [0.1, 0.15) is 38.5 Å². The van der Waals surface area contributed by atoms with Crippen LogP contribution in [-0.2, 0) is 19.4 Å². The van der Waals surface area contributed by atoms with E-state index in [-0.39, 0.29) is 12.4 Å². The Balaban J connectivity index is 1.46. The van der Waals surface area contributed by atoms with Crippen molar-refractivity contribution in [2.75, 3.05) is 19.7 Å². The van der Waals surface area contributed by atoms with Crippen molar-refractivity contribution in [2.24, 2.45) is 0 Å². The molecule has 0 N–H and O–H groups in total. The van der Waals surface area contributed by atoms with E-state index in [0.29, 0.717) is 0 Å². The maximum absolute atomic E-state index is 5.69. The van der Waals surface area contributed by atoms with Crippen LogP contribution in [0.25, 0.3) is 0 Å². The number of hydroxylamine groups is 2. The molecule has 6 nitrogen and oxygen atoms in total. The second-order valence-corrected chi connectivity index (χ2v) is 4.79. The minimum absolute atomic E-state index is 0.210. The van der Waals surface area contributed by atoms with Crippen LogP contribution in [0.3, 0.4) is 0 Å². The van der Waals surface area contributed by atoms with Gasteiger partial charge in [0.05, 0.1) is 18.1 Å². The minimum atomic E-state index is -0.210. The molecule has 1 unspecified atom stereocenters. The van der Waals surface area contributed by atoms with Gasteiger partial charge in [-0.25, -0.2) is 9.68 Å². The van der Waals surface area contributed by atoms with Gasteiger partial charge in [-0.1, -0.05) is 12.8 Å². The van der Waals surface area contributed by atoms with E-state index in [1.807, 2.05) is 5.06 Å². The summed E-state index contributed by atoms with van der Waals surface area (Å²) in [6.45, 7) is 2.62. The molecule has 0 aromatic heterocycles.